The molecule has 1 unspecified atom stereocenters. The molecule has 3 rings (SSSR count). The topological polar surface area (TPSA) is 104 Å². The Kier molecular flexibility index (Phi) is 5.95. The smallest absolute Gasteiger partial charge is 0.416 e. The van der Waals surface area contributed by atoms with Gasteiger partial charge in [-0.1, -0.05) is 24.3 Å². The number of carboxylic acids is 1. The van der Waals surface area contributed by atoms with Gasteiger partial charge in [-0.3, -0.25) is 19.5 Å². The third-order valence-electron chi connectivity index (χ3n) is 4.36. The Bertz CT molecular complexity index is 1180. The van der Waals surface area contributed by atoms with E-state index in [4.69, 9.17) is 5.11 Å². The Morgan fingerprint density at radius 3 is 2.45 bits per heavy atom. The van der Waals surface area contributed by atoms with Crippen molar-refractivity contribution < 1.29 is 32.3 Å². The largest absolute Gasteiger partial charge is 0.481 e. The number of nitrogens with zero attached hydrogens (tertiary/aromatic N) is 1. The van der Waals surface area contributed by atoms with Crippen LogP contribution >= 0.6 is 0 Å². The average Bonchev–Trinajstić information content (AvgIpc) is 3.08. The number of carbonyl (C=O) groups is 2. The van der Waals surface area contributed by atoms with Gasteiger partial charge in [0.1, 0.15) is 17.2 Å². The number of hydrogen-bond donors (Lipinski definition) is 3. The van der Waals surface area contributed by atoms with Crippen molar-refractivity contribution in [2.24, 2.45) is 0 Å². The molecule has 3 N–H and O–H groups in total. The molecule has 1 amide bonds. The number of amides is 1. The lowest BCUT2D eigenvalue weighted by Crippen LogP contribution is -2.30. The molecule has 0 saturated carbocycles. The monoisotopic (exact) mass is 437 g/mol. The molecule has 1 aromatic heterocycles. The Morgan fingerprint density at radius 1 is 1.10 bits per heavy atom. The molecular formula is C20H15F4N3O4. The summed E-state index contributed by atoms with van der Waals surface area (Å²) < 4.78 is 53.7. The number of halogens is 4. The lowest BCUT2D eigenvalue weighted by molar-refractivity contribution is -0.138. The van der Waals surface area contributed by atoms with Gasteiger partial charge in [-0.2, -0.15) is 13.2 Å². The summed E-state index contributed by atoms with van der Waals surface area (Å²) in [5, 5.41) is 13.8. The third-order valence-corrected chi connectivity index (χ3v) is 4.36. The van der Waals surface area contributed by atoms with Crippen molar-refractivity contribution in [3.05, 3.63) is 87.6 Å². The third kappa shape index (κ3) is 5.00. The fourth-order valence-electron chi connectivity index (χ4n) is 2.92. The minimum absolute atomic E-state index is 0.0820. The first kappa shape index (κ1) is 21.8. The molecular weight excluding hydrogens is 422 g/mol. The summed E-state index contributed by atoms with van der Waals surface area (Å²) >= 11 is 0. The van der Waals surface area contributed by atoms with Crippen LogP contribution in [0, 0.1) is 5.82 Å². The van der Waals surface area contributed by atoms with E-state index in [0.717, 1.165) is 35.0 Å². The van der Waals surface area contributed by atoms with Crippen LogP contribution in [0.1, 0.15) is 34.1 Å². The Labute approximate surface area is 171 Å². The summed E-state index contributed by atoms with van der Waals surface area (Å²) in [6.07, 6.45) is -5.36. The fraction of sp³-hybridized carbons (Fsp3) is 0.150. The van der Waals surface area contributed by atoms with E-state index in [2.05, 4.69) is 10.4 Å². The highest BCUT2D eigenvalue weighted by atomic mass is 19.4. The molecule has 0 saturated heterocycles. The van der Waals surface area contributed by atoms with Crippen LogP contribution in [0.3, 0.4) is 0 Å². The van der Waals surface area contributed by atoms with Gasteiger partial charge in [0.15, 0.2) is 0 Å². The number of aromatic amines is 1. The van der Waals surface area contributed by atoms with Gasteiger partial charge in [0, 0.05) is 6.07 Å². The summed E-state index contributed by atoms with van der Waals surface area (Å²) in [6, 6.07) is 8.73. The number of nitrogens with one attached hydrogen (secondary N) is 2. The van der Waals surface area contributed by atoms with E-state index in [0.29, 0.717) is 0 Å². The van der Waals surface area contributed by atoms with Gasteiger partial charge in [-0.25, -0.2) is 9.07 Å². The highest BCUT2D eigenvalue weighted by Crippen LogP contribution is 2.31. The molecule has 0 radical (unpaired) electrons. The van der Waals surface area contributed by atoms with Crippen LogP contribution in [0.5, 0.6) is 0 Å². The number of para-hydroxylation sites is 1. The van der Waals surface area contributed by atoms with E-state index in [1.807, 2.05) is 0 Å². The van der Waals surface area contributed by atoms with Crippen LogP contribution in [0.15, 0.2) is 59.4 Å². The van der Waals surface area contributed by atoms with Gasteiger partial charge >= 0.3 is 12.1 Å². The fourth-order valence-corrected chi connectivity index (χ4v) is 2.92. The first-order valence-electron chi connectivity index (χ1n) is 8.83. The van der Waals surface area contributed by atoms with Crippen LogP contribution in [-0.2, 0) is 11.0 Å². The first-order valence-corrected chi connectivity index (χ1v) is 8.83. The molecule has 0 aliphatic rings. The van der Waals surface area contributed by atoms with Crippen molar-refractivity contribution >= 4 is 11.9 Å². The van der Waals surface area contributed by atoms with Gasteiger partial charge in [0.25, 0.3) is 11.5 Å². The van der Waals surface area contributed by atoms with E-state index in [9.17, 15) is 31.9 Å². The number of aromatic nitrogens is 2. The van der Waals surface area contributed by atoms with Gasteiger partial charge in [-0.15, -0.1) is 0 Å². The van der Waals surface area contributed by atoms with Gasteiger partial charge in [0.2, 0.25) is 0 Å². The molecule has 162 valence electrons. The zero-order valence-electron chi connectivity index (χ0n) is 15.6. The standard InChI is InChI=1S/C20H15F4N3O4/c21-13-6-1-2-7-16(13)27-17(28)9-15(26-27)19(31)25-14(10-18(29)30)11-4-3-5-12(8-11)20(22,23)24/h1-9,14,26H,10H2,(H,25,31)(H,29,30). The van der Waals surface area contributed by atoms with E-state index >= 15 is 0 Å². The van der Waals surface area contributed by atoms with E-state index in [-0.39, 0.29) is 16.9 Å². The lowest BCUT2D eigenvalue weighted by atomic mass is 10.0. The molecule has 2 aromatic carbocycles. The predicted octanol–water partition coefficient (Wildman–Crippen LogP) is 3.27. The number of H-pyrrole nitrogens is 1. The van der Waals surface area contributed by atoms with Crippen LogP contribution in [0.25, 0.3) is 5.69 Å². The SMILES string of the molecule is O=C(O)CC(NC(=O)c1cc(=O)n(-c2ccccc2F)[nH]1)c1cccc(C(F)(F)F)c1. The van der Waals surface area contributed by atoms with Crippen molar-refractivity contribution in [1.82, 2.24) is 15.1 Å². The number of aliphatic carboxylic acids is 1. The van der Waals surface area contributed by atoms with E-state index in [1.54, 1.807) is 0 Å². The van der Waals surface area contributed by atoms with Crippen molar-refractivity contribution in [2.45, 2.75) is 18.6 Å². The number of benzene rings is 2. The number of rotatable bonds is 6. The van der Waals surface area contributed by atoms with Crippen molar-refractivity contribution in [1.29, 1.82) is 0 Å². The van der Waals surface area contributed by atoms with Crippen LogP contribution in [0.2, 0.25) is 0 Å². The van der Waals surface area contributed by atoms with Gasteiger partial charge < -0.3 is 10.4 Å². The zero-order valence-corrected chi connectivity index (χ0v) is 15.6. The minimum atomic E-state index is -4.66. The first-order chi connectivity index (χ1) is 14.6. The quantitative estimate of drug-likeness (QED) is 0.515. The zero-order chi connectivity index (χ0) is 22.8. The molecule has 0 aliphatic carbocycles. The summed E-state index contributed by atoms with van der Waals surface area (Å²) in [4.78, 5) is 35.9. The minimum Gasteiger partial charge on any atom is -0.481 e. The van der Waals surface area contributed by atoms with Crippen LogP contribution < -0.4 is 10.9 Å². The molecule has 0 aliphatic heterocycles. The van der Waals surface area contributed by atoms with Gasteiger partial charge in [-0.05, 0) is 29.8 Å². The summed E-state index contributed by atoms with van der Waals surface area (Å²) in [5.41, 5.74) is -2.32. The molecule has 0 fully saturated rings. The Morgan fingerprint density at radius 2 is 1.81 bits per heavy atom. The molecule has 1 heterocycles. The van der Waals surface area contributed by atoms with Crippen LogP contribution in [0.4, 0.5) is 17.6 Å². The molecule has 1 atom stereocenters. The number of hydrogen-bond acceptors (Lipinski definition) is 3. The van der Waals surface area contributed by atoms with Crippen molar-refractivity contribution in [3.8, 4) is 5.69 Å². The highest BCUT2D eigenvalue weighted by molar-refractivity contribution is 5.92. The van der Waals surface area contributed by atoms with Gasteiger partial charge in [0.05, 0.1) is 18.0 Å². The molecule has 0 spiro atoms. The highest BCUT2D eigenvalue weighted by Gasteiger charge is 2.31. The van der Waals surface area contributed by atoms with Crippen LogP contribution in [-0.4, -0.2) is 26.8 Å². The number of alkyl halides is 3. The number of carbonyl (C=O) groups excluding carboxylic acids is 1. The lowest BCUT2D eigenvalue weighted by Gasteiger charge is -2.18. The predicted molar refractivity (Wildman–Crippen MR) is 100 cm³/mol. The maximum atomic E-state index is 13.9. The summed E-state index contributed by atoms with van der Waals surface area (Å²) in [5.74, 6) is -3.04. The summed E-state index contributed by atoms with van der Waals surface area (Å²) in [6.45, 7) is 0. The summed E-state index contributed by atoms with van der Waals surface area (Å²) in [7, 11) is 0. The molecule has 3 aromatic rings. The number of carboxylic acid groups (broad SMARTS) is 1. The second kappa shape index (κ2) is 8.46. The molecule has 31 heavy (non-hydrogen) atoms. The second-order valence-electron chi connectivity index (χ2n) is 6.54. The second-order valence-corrected chi connectivity index (χ2v) is 6.54. The average molecular weight is 437 g/mol. The van der Waals surface area contributed by atoms with E-state index in [1.165, 1.54) is 24.3 Å². The maximum Gasteiger partial charge on any atom is 0.416 e. The Balaban J connectivity index is 1.91. The normalized spacial score (nSPS) is 12.4. The molecule has 11 heteroatoms. The Hall–Kier alpha value is -3.89. The maximum absolute atomic E-state index is 13.9. The molecule has 7 nitrogen and oxygen atoms in total. The van der Waals surface area contributed by atoms with Crippen molar-refractivity contribution in [3.63, 3.8) is 0 Å². The molecule has 0 bridgehead atoms. The van der Waals surface area contributed by atoms with Crippen molar-refractivity contribution in [2.75, 3.05) is 0 Å². The van der Waals surface area contributed by atoms with E-state index < -0.39 is 47.5 Å².